The number of thiophene rings is 1. The third kappa shape index (κ3) is 4.73. The second kappa shape index (κ2) is 8.19. The number of hydrogen-bond donors (Lipinski definition) is 1. The maximum absolute atomic E-state index is 12.5. The van der Waals surface area contributed by atoms with Crippen molar-refractivity contribution in [3.8, 4) is 0 Å². The van der Waals surface area contributed by atoms with Gasteiger partial charge in [0, 0.05) is 44.0 Å². The highest BCUT2D eigenvalue weighted by molar-refractivity contribution is 7.17. The van der Waals surface area contributed by atoms with E-state index in [1.165, 1.54) is 15.6 Å². The molecular formula is C20H29N3OS. The first-order valence-electron chi connectivity index (χ1n) is 9.22. The van der Waals surface area contributed by atoms with Crippen LogP contribution in [0.4, 0.5) is 4.79 Å². The average molecular weight is 360 g/mol. The maximum atomic E-state index is 12.5. The molecule has 5 heteroatoms. The van der Waals surface area contributed by atoms with Crippen LogP contribution in [0.15, 0.2) is 29.6 Å². The Balaban J connectivity index is 1.50. The Morgan fingerprint density at radius 2 is 2.04 bits per heavy atom. The van der Waals surface area contributed by atoms with Crippen LogP contribution in [-0.2, 0) is 6.54 Å². The van der Waals surface area contributed by atoms with E-state index in [9.17, 15) is 4.79 Å². The number of fused-ring (bicyclic) bond motifs is 1. The molecule has 1 aliphatic heterocycles. The van der Waals surface area contributed by atoms with Crippen molar-refractivity contribution in [1.82, 2.24) is 15.1 Å². The summed E-state index contributed by atoms with van der Waals surface area (Å²) in [6.45, 7) is 8.51. The average Bonchev–Trinajstić information content (AvgIpc) is 2.99. The van der Waals surface area contributed by atoms with Gasteiger partial charge in [-0.05, 0) is 41.2 Å². The number of carbonyl (C=O) groups excluding carboxylic acids is 1. The number of rotatable bonds is 5. The molecule has 1 saturated heterocycles. The van der Waals surface area contributed by atoms with Gasteiger partial charge in [0.15, 0.2) is 0 Å². The lowest BCUT2D eigenvalue weighted by molar-refractivity contribution is 0.167. The fourth-order valence-corrected chi connectivity index (χ4v) is 4.50. The summed E-state index contributed by atoms with van der Waals surface area (Å²) in [5.41, 5.74) is 1.23. The fourth-order valence-electron chi connectivity index (χ4n) is 3.54. The van der Waals surface area contributed by atoms with Crippen LogP contribution in [0.1, 0.15) is 32.3 Å². The van der Waals surface area contributed by atoms with Gasteiger partial charge in [-0.2, -0.15) is 0 Å². The Labute approximate surface area is 154 Å². The van der Waals surface area contributed by atoms with Crippen molar-refractivity contribution >= 4 is 27.5 Å². The molecule has 1 N–H and O–H groups in total. The van der Waals surface area contributed by atoms with Gasteiger partial charge in [-0.15, -0.1) is 11.3 Å². The Morgan fingerprint density at radius 1 is 1.32 bits per heavy atom. The molecule has 0 radical (unpaired) electrons. The highest BCUT2D eigenvalue weighted by Crippen LogP contribution is 2.26. The molecule has 1 aromatic heterocycles. The number of nitrogens with zero attached hydrogens (tertiary/aromatic N) is 2. The van der Waals surface area contributed by atoms with Crippen LogP contribution < -0.4 is 5.32 Å². The minimum atomic E-state index is 0.0394. The van der Waals surface area contributed by atoms with Crippen molar-refractivity contribution < 1.29 is 4.79 Å². The predicted octanol–water partition coefficient (Wildman–Crippen LogP) is 4.16. The zero-order valence-corrected chi connectivity index (χ0v) is 16.3. The number of piperidine rings is 1. The molecule has 1 fully saturated rings. The molecule has 0 aliphatic carbocycles. The van der Waals surface area contributed by atoms with Crippen LogP contribution in [0.5, 0.6) is 0 Å². The molecule has 4 nitrogen and oxygen atoms in total. The molecule has 136 valence electrons. The molecule has 0 atom stereocenters. The number of nitrogens with one attached hydrogen (secondary N) is 1. The van der Waals surface area contributed by atoms with Crippen molar-refractivity contribution in [2.24, 2.45) is 5.92 Å². The lowest BCUT2D eigenvalue weighted by atomic mass is 10.0. The number of likely N-dealkylation sites (tertiary alicyclic amines) is 1. The zero-order chi connectivity index (χ0) is 17.8. The summed E-state index contributed by atoms with van der Waals surface area (Å²) in [5, 5.41) is 6.64. The Bertz CT molecular complexity index is 704. The largest absolute Gasteiger partial charge is 0.335 e. The van der Waals surface area contributed by atoms with Crippen LogP contribution in [-0.4, -0.2) is 48.6 Å². The summed E-state index contributed by atoms with van der Waals surface area (Å²) < 4.78 is 1.28. The van der Waals surface area contributed by atoms with Crippen molar-refractivity contribution in [1.29, 1.82) is 0 Å². The summed E-state index contributed by atoms with van der Waals surface area (Å²) in [7, 11) is 1.88. The van der Waals surface area contributed by atoms with Gasteiger partial charge in [-0.25, -0.2) is 4.79 Å². The van der Waals surface area contributed by atoms with Crippen LogP contribution in [0.2, 0.25) is 0 Å². The molecule has 2 heterocycles. The summed E-state index contributed by atoms with van der Waals surface area (Å²) in [4.78, 5) is 16.8. The second-order valence-corrected chi connectivity index (χ2v) is 8.44. The highest BCUT2D eigenvalue weighted by Gasteiger charge is 2.22. The molecule has 2 amide bonds. The first-order valence-corrected chi connectivity index (χ1v) is 10.1. The number of carbonyl (C=O) groups is 1. The summed E-state index contributed by atoms with van der Waals surface area (Å²) in [6, 6.07) is 8.73. The van der Waals surface area contributed by atoms with E-state index >= 15 is 0 Å². The van der Waals surface area contributed by atoms with Crippen molar-refractivity contribution in [2.45, 2.75) is 39.3 Å². The quantitative estimate of drug-likeness (QED) is 0.870. The van der Waals surface area contributed by atoms with Crippen LogP contribution in [0.25, 0.3) is 10.1 Å². The van der Waals surface area contributed by atoms with Crippen LogP contribution in [0.3, 0.4) is 0 Å². The van der Waals surface area contributed by atoms with Crippen molar-refractivity contribution in [2.75, 3.05) is 26.7 Å². The van der Waals surface area contributed by atoms with E-state index in [2.05, 4.69) is 53.7 Å². The van der Waals surface area contributed by atoms with Gasteiger partial charge in [-0.3, -0.25) is 0 Å². The molecule has 0 unspecified atom stereocenters. The number of amides is 2. The second-order valence-electron chi connectivity index (χ2n) is 7.53. The number of benzene rings is 1. The summed E-state index contributed by atoms with van der Waals surface area (Å²) in [6.07, 6.45) is 2.10. The maximum Gasteiger partial charge on any atom is 0.317 e. The third-order valence-electron chi connectivity index (χ3n) is 4.85. The molecular weight excluding hydrogens is 330 g/mol. The van der Waals surface area contributed by atoms with Crippen LogP contribution in [0, 0.1) is 5.92 Å². The first kappa shape index (κ1) is 18.2. The minimum Gasteiger partial charge on any atom is -0.335 e. The van der Waals surface area contributed by atoms with Gasteiger partial charge in [-0.1, -0.05) is 32.0 Å². The summed E-state index contributed by atoms with van der Waals surface area (Å²) >= 11 is 1.74. The summed E-state index contributed by atoms with van der Waals surface area (Å²) in [5.74, 6) is 0.706. The van der Waals surface area contributed by atoms with Gasteiger partial charge in [0.25, 0.3) is 0 Å². The molecule has 3 rings (SSSR count). The Kier molecular flexibility index (Phi) is 5.97. The number of hydrogen-bond acceptors (Lipinski definition) is 3. The lowest BCUT2D eigenvalue weighted by Gasteiger charge is -2.34. The van der Waals surface area contributed by atoms with Crippen LogP contribution >= 0.6 is 11.3 Å². The smallest absolute Gasteiger partial charge is 0.317 e. The standard InChI is InChI=1S/C20H29N3OS/c1-15(2)12-23-10-8-17(9-11-23)21-20(24)22(3)13-16-14-25-19-7-5-4-6-18(16)19/h4-7,14-15,17H,8-13H2,1-3H3,(H,21,24). The molecule has 0 saturated carbocycles. The molecule has 1 aromatic carbocycles. The minimum absolute atomic E-state index is 0.0394. The van der Waals surface area contributed by atoms with E-state index in [0.717, 1.165) is 32.5 Å². The van der Waals surface area contributed by atoms with E-state index in [1.54, 1.807) is 16.2 Å². The van der Waals surface area contributed by atoms with E-state index in [1.807, 2.05) is 7.05 Å². The first-order chi connectivity index (χ1) is 12.0. The molecule has 0 bridgehead atoms. The van der Waals surface area contributed by atoms with Gasteiger partial charge >= 0.3 is 6.03 Å². The van der Waals surface area contributed by atoms with E-state index in [0.29, 0.717) is 18.5 Å². The third-order valence-corrected chi connectivity index (χ3v) is 5.87. The van der Waals surface area contributed by atoms with E-state index in [-0.39, 0.29) is 6.03 Å². The molecule has 0 spiro atoms. The predicted molar refractivity (Wildman–Crippen MR) is 106 cm³/mol. The zero-order valence-electron chi connectivity index (χ0n) is 15.5. The Morgan fingerprint density at radius 3 is 2.76 bits per heavy atom. The van der Waals surface area contributed by atoms with Crippen molar-refractivity contribution in [3.05, 3.63) is 35.2 Å². The fraction of sp³-hybridized carbons (Fsp3) is 0.550. The molecule has 2 aromatic rings. The monoisotopic (exact) mass is 359 g/mol. The Hall–Kier alpha value is -1.59. The molecule has 1 aliphatic rings. The van der Waals surface area contributed by atoms with Gasteiger partial charge in [0.05, 0.1) is 0 Å². The molecule has 25 heavy (non-hydrogen) atoms. The SMILES string of the molecule is CC(C)CN1CCC(NC(=O)N(C)Cc2csc3ccccc23)CC1. The highest BCUT2D eigenvalue weighted by atomic mass is 32.1. The normalized spacial score (nSPS) is 16.5. The number of urea groups is 1. The van der Waals surface area contributed by atoms with Gasteiger partial charge < -0.3 is 15.1 Å². The van der Waals surface area contributed by atoms with Gasteiger partial charge in [0.2, 0.25) is 0 Å². The lowest BCUT2D eigenvalue weighted by Crippen LogP contribution is -2.48. The van der Waals surface area contributed by atoms with E-state index in [4.69, 9.17) is 0 Å². The van der Waals surface area contributed by atoms with E-state index < -0.39 is 0 Å². The van der Waals surface area contributed by atoms with Crippen molar-refractivity contribution in [3.63, 3.8) is 0 Å². The van der Waals surface area contributed by atoms with Gasteiger partial charge in [0.1, 0.15) is 0 Å². The topological polar surface area (TPSA) is 35.6 Å².